The smallest absolute Gasteiger partial charge is 0.163 e. The first-order valence-corrected chi connectivity index (χ1v) is 9.10. The fourth-order valence-electron chi connectivity index (χ4n) is 3.33. The maximum absolute atomic E-state index is 10.5. The molecule has 1 aliphatic heterocycles. The first-order valence-electron chi connectivity index (χ1n) is 9.10. The Hall–Kier alpha value is -0.900. The minimum atomic E-state index is -0.546. The molecule has 0 unspecified atom stereocenters. The van der Waals surface area contributed by atoms with E-state index in [9.17, 15) is 5.11 Å². The van der Waals surface area contributed by atoms with Crippen LogP contribution in [0.25, 0.3) is 0 Å². The van der Waals surface area contributed by atoms with Gasteiger partial charge in [-0.1, -0.05) is 69.4 Å². The summed E-state index contributed by atoms with van der Waals surface area (Å²) < 4.78 is 12.1. The number of ether oxygens (including phenoxy) is 2. The number of benzene rings is 1. The Kier molecular flexibility index (Phi) is 7.07. The highest BCUT2D eigenvalue weighted by atomic mass is 16.7. The molecule has 1 aromatic rings. The van der Waals surface area contributed by atoms with E-state index in [0.29, 0.717) is 6.42 Å². The van der Waals surface area contributed by atoms with Gasteiger partial charge in [-0.2, -0.15) is 0 Å². The second kappa shape index (κ2) is 8.81. The maximum atomic E-state index is 10.5. The van der Waals surface area contributed by atoms with E-state index >= 15 is 0 Å². The van der Waals surface area contributed by atoms with Crippen LogP contribution in [0.1, 0.15) is 77.4 Å². The van der Waals surface area contributed by atoms with Crippen LogP contribution in [0.5, 0.6) is 0 Å². The maximum Gasteiger partial charge on any atom is 0.163 e. The zero-order valence-electron chi connectivity index (χ0n) is 14.8. The number of unbranched alkanes of at least 4 members (excludes halogenated alkanes) is 4. The van der Waals surface area contributed by atoms with Gasteiger partial charge in [0, 0.05) is 6.42 Å². The van der Waals surface area contributed by atoms with Crippen molar-refractivity contribution in [2.24, 2.45) is 0 Å². The lowest BCUT2D eigenvalue weighted by molar-refractivity contribution is -0.148. The van der Waals surface area contributed by atoms with Crippen molar-refractivity contribution in [2.45, 2.75) is 89.8 Å². The van der Waals surface area contributed by atoms with Crippen LogP contribution in [-0.4, -0.2) is 23.1 Å². The van der Waals surface area contributed by atoms with Crippen LogP contribution < -0.4 is 0 Å². The van der Waals surface area contributed by atoms with Gasteiger partial charge in [-0.25, -0.2) is 0 Å². The molecule has 0 spiro atoms. The summed E-state index contributed by atoms with van der Waals surface area (Å²) in [6.07, 6.45) is 7.45. The van der Waals surface area contributed by atoms with E-state index in [1.165, 1.54) is 32.1 Å². The molecule has 130 valence electrons. The van der Waals surface area contributed by atoms with Crippen molar-refractivity contribution >= 4 is 0 Å². The number of hydrogen-bond acceptors (Lipinski definition) is 3. The third kappa shape index (κ3) is 5.91. The fraction of sp³-hybridized carbons (Fsp3) is 0.700. The largest absolute Gasteiger partial charge is 0.388 e. The van der Waals surface area contributed by atoms with Crippen molar-refractivity contribution in [1.29, 1.82) is 0 Å². The Morgan fingerprint density at radius 1 is 1.00 bits per heavy atom. The van der Waals surface area contributed by atoms with Crippen molar-refractivity contribution < 1.29 is 14.6 Å². The van der Waals surface area contributed by atoms with Crippen LogP contribution in [0.15, 0.2) is 30.3 Å². The number of aliphatic hydroxyl groups excluding tert-OH is 1. The first kappa shape index (κ1) is 18.4. The third-order valence-corrected chi connectivity index (χ3v) is 4.52. The summed E-state index contributed by atoms with van der Waals surface area (Å²) in [5.41, 5.74) is 0.947. The topological polar surface area (TPSA) is 38.7 Å². The van der Waals surface area contributed by atoms with Gasteiger partial charge in [0.05, 0.1) is 18.3 Å². The van der Waals surface area contributed by atoms with Gasteiger partial charge in [0.15, 0.2) is 5.79 Å². The quantitative estimate of drug-likeness (QED) is 0.651. The van der Waals surface area contributed by atoms with Crippen LogP contribution in [0, 0.1) is 0 Å². The van der Waals surface area contributed by atoms with Crippen LogP contribution >= 0.6 is 0 Å². The highest BCUT2D eigenvalue weighted by molar-refractivity contribution is 5.17. The fourth-order valence-corrected chi connectivity index (χ4v) is 3.33. The van der Waals surface area contributed by atoms with Crippen LogP contribution in [0.2, 0.25) is 0 Å². The predicted molar refractivity (Wildman–Crippen MR) is 93.2 cm³/mol. The zero-order valence-corrected chi connectivity index (χ0v) is 14.8. The lowest BCUT2D eigenvalue weighted by Crippen LogP contribution is -2.25. The summed E-state index contributed by atoms with van der Waals surface area (Å²) in [5, 5.41) is 10.5. The Bertz CT molecular complexity index is 443. The summed E-state index contributed by atoms with van der Waals surface area (Å²) in [7, 11) is 0. The molecule has 23 heavy (non-hydrogen) atoms. The summed E-state index contributed by atoms with van der Waals surface area (Å²) in [6, 6.07) is 9.81. The van der Waals surface area contributed by atoms with Crippen LogP contribution in [-0.2, 0) is 9.47 Å². The molecule has 0 bridgehead atoms. The van der Waals surface area contributed by atoms with Crippen molar-refractivity contribution in [3.05, 3.63) is 35.9 Å². The normalized spacial score (nSPS) is 24.7. The first-order chi connectivity index (χ1) is 11.0. The van der Waals surface area contributed by atoms with Gasteiger partial charge < -0.3 is 14.6 Å². The molecule has 0 radical (unpaired) electrons. The van der Waals surface area contributed by atoms with Crippen molar-refractivity contribution in [3.63, 3.8) is 0 Å². The van der Waals surface area contributed by atoms with E-state index in [-0.39, 0.29) is 12.2 Å². The lowest BCUT2D eigenvalue weighted by Gasteiger charge is -2.20. The molecule has 2 rings (SSSR count). The molecule has 0 aromatic heterocycles. The number of aliphatic hydroxyl groups is 1. The van der Waals surface area contributed by atoms with Gasteiger partial charge in [-0.3, -0.25) is 0 Å². The standard InChI is InChI=1S/C20H32O3/c1-4-5-6-7-11-14-18-19(23-20(2,3)22-18)15-17(21)16-12-9-8-10-13-16/h8-10,12-13,17-19,21H,4-7,11,14-15H2,1-3H3/t17-,18+,19+/m0/s1. The Morgan fingerprint density at radius 3 is 2.35 bits per heavy atom. The van der Waals surface area contributed by atoms with Gasteiger partial charge in [0.25, 0.3) is 0 Å². The molecule has 0 amide bonds. The van der Waals surface area contributed by atoms with Crippen molar-refractivity contribution in [2.75, 3.05) is 0 Å². The van der Waals surface area contributed by atoms with Gasteiger partial charge in [-0.15, -0.1) is 0 Å². The molecule has 1 heterocycles. The van der Waals surface area contributed by atoms with E-state index in [1.807, 2.05) is 44.2 Å². The molecule has 0 aliphatic carbocycles. The molecule has 1 aromatic carbocycles. The molecule has 1 N–H and O–H groups in total. The highest BCUT2D eigenvalue weighted by Gasteiger charge is 2.41. The average molecular weight is 320 g/mol. The lowest BCUT2D eigenvalue weighted by atomic mass is 9.97. The van der Waals surface area contributed by atoms with E-state index in [2.05, 4.69) is 6.92 Å². The van der Waals surface area contributed by atoms with Crippen molar-refractivity contribution in [1.82, 2.24) is 0 Å². The van der Waals surface area contributed by atoms with Gasteiger partial charge in [-0.05, 0) is 25.8 Å². The number of rotatable bonds is 9. The molecule has 1 aliphatic rings. The minimum absolute atomic E-state index is 0.0358. The molecular formula is C20H32O3. The minimum Gasteiger partial charge on any atom is -0.388 e. The highest BCUT2D eigenvalue weighted by Crippen LogP contribution is 2.35. The molecule has 3 atom stereocenters. The van der Waals surface area contributed by atoms with E-state index in [0.717, 1.165) is 12.0 Å². The van der Waals surface area contributed by atoms with Gasteiger partial charge >= 0.3 is 0 Å². The summed E-state index contributed by atoms with van der Waals surface area (Å²) >= 11 is 0. The summed E-state index contributed by atoms with van der Waals surface area (Å²) in [5.74, 6) is -0.546. The Labute approximate surface area is 141 Å². The van der Waals surface area contributed by atoms with Crippen LogP contribution in [0.4, 0.5) is 0 Å². The summed E-state index contributed by atoms with van der Waals surface area (Å²) in [6.45, 7) is 6.16. The van der Waals surface area contributed by atoms with Crippen LogP contribution in [0.3, 0.4) is 0 Å². The SMILES string of the molecule is CCCCCCC[C@H]1OC(C)(C)O[C@@H]1C[C@H](O)c1ccccc1. The van der Waals surface area contributed by atoms with E-state index < -0.39 is 11.9 Å². The van der Waals surface area contributed by atoms with E-state index in [1.54, 1.807) is 0 Å². The second-order valence-corrected chi connectivity index (χ2v) is 7.08. The molecule has 1 fully saturated rings. The van der Waals surface area contributed by atoms with Gasteiger partial charge in [0.1, 0.15) is 0 Å². The Morgan fingerprint density at radius 2 is 1.65 bits per heavy atom. The number of hydrogen-bond donors (Lipinski definition) is 1. The zero-order chi connectivity index (χ0) is 16.7. The van der Waals surface area contributed by atoms with E-state index in [4.69, 9.17) is 9.47 Å². The molecule has 1 saturated heterocycles. The van der Waals surface area contributed by atoms with Gasteiger partial charge in [0.2, 0.25) is 0 Å². The third-order valence-electron chi connectivity index (χ3n) is 4.52. The second-order valence-electron chi connectivity index (χ2n) is 7.08. The van der Waals surface area contributed by atoms with Crippen molar-refractivity contribution in [3.8, 4) is 0 Å². The molecule has 0 saturated carbocycles. The predicted octanol–water partition coefficient (Wildman–Crippen LogP) is 4.99. The molecular weight excluding hydrogens is 288 g/mol. The molecule has 3 heteroatoms. The molecule has 3 nitrogen and oxygen atoms in total. The monoisotopic (exact) mass is 320 g/mol. The summed E-state index contributed by atoms with van der Waals surface area (Å²) in [4.78, 5) is 0. The Balaban J connectivity index is 1.86. The average Bonchev–Trinajstić information content (AvgIpc) is 2.82.